The Balaban J connectivity index is 2.16. The smallest absolute Gasteiger partial charge is 0.327 e. The van der Waals surface area contributed by atoms with Gasteiger partial charge in [0.2, 0.25) is 0 Å². The number of ether oxygens (including phenoxy) is 1. The molecule has 2 rings (SSSR count). The lowest BCUT2D eigenvalue weighted by molar-refractivity contribution is -0.0685. The number of rotatable bonds is 2. The van der Waals surface area contributed by atoms with Crippen molar-refractivity contribution >= 4 is 6.03 Å². The Kier molecular flexibility index (Phi) is 3.25. The average Bonchev–Trinajstić information content (AvgIpc) is 2.55. The van der Waals surface area contributed by atoms with Crippen LogP contribution in [0.4, 0.5) is 9.18 Å². The SMILES string of the molecule is NC1(F)C=CN([C@@H]2O[C@H](CO)[C@@H](O)[C@H]2O)C(=O)N1. The van der Waals surface area contributed by atoms with Crippen molar-refractivity contribution in [3.05, 3.63) is 12.3 Å². The van der Waals surface area contributed by atoms with Gasteiger partial charge in [0.25, 0.3) is 5.92 Å². The van der Waals surface area contributed by atoms with E-state index in [-0.39, 0.29) is 0 Å². The number of hydrogen-bond acceptors (Lipinski definition) is 6. The van der Waals surface area contributed by atoms with Crippen LogP contribution in [-0.2, 0) is 4.74 Å². The highest BCUT2D eigenvalue weighted by Crippen LogP contribution is 2.26. The molecule has 1 saturated heterocycles. The van der Waals surface area contributed by atoms with Crippen LogP contribution in [0.3, 0.4) is 0 Å². The van der Waals surface area contributed by atoms with Gasteiger partial charge in [0.05, 0.1) is 6.61 Å². The number of nitrogens with two attached hydrogens (primary N) is 1. The van der Waals surface area contributed by atoms with Crippen molar-refractivity contribution < 1.29 is 29.2 Å². The van der Waals surface area contributed by atoms with Gasteiger partial charge in [-0.25, -0.2) is 4.79 Å². The molecule has 2 aliphatic heterocycles. The zero-order valence-corrected chi connectivity index (χ0v) is 9.23. The maximum Gasteiger partial charge on any atom is 0.327 e. The van der Waals surface area contributed by atoms with Crippen LogP contribution in [0.5, 0.6) is 0 Å². The molecule has 0 saturated carbocycles. The van der Waals surface area contributed by atoms with E-state index in [1.54, 1.807) is 0 Å². The molecular weight excluding hydrogens is 249 g/mol. The zero-order valence-electron chi connectivity index (χ0n) is 9.23. The first-order chi connectivity index (χ1) is 8.35. The Labute approximate surface area is 101 Å². The minimum absolute atomic E-state index is 0.516. The Hall–Kier alpha value is -1.26. The number of aliphatic hydroxyl groups excluding tert-OH is 3. The van der Waals surface area contributed by atoms with Gasteiger partial charge in [-0.05, 0) is 0 Å². The number of carbonyl (C=O) groups excluding carboxylic acids is 1. The number of alkyl halides is 1. The van der Waals surface area contributed by atoms with Gasteiger partial charge in [0.1, 0.15) is 18.3 Å². The van der Waals surface area contributed by atoms with Crippen LogP contribution >= 0.6 is 0 Å². The second-order valence-electron chi connectivity index (χ2n) is 4.15. The van der Waals surface area contributed by atoms with Crippen LogP contribution in [-0.4, -0.2) is 63.3 Å². The topological polar surface area (TPSA) is 128 Å². The molecule has 0 aromatic rings. The zero-order chi connectivity index (χ0) is 13.5. The van der Waals surface area contributed by atoms with Gasteiger partial charge in [-0.1, -0.05) is 0 Å². The van der Waals surface area contributed by atoms with Gasteiger partial charge in [-0.2, -0.15) is 4.39 Å². The van der Waals surface area contributed by atoms with E-state index in [1.165, 1.54) is 0 Å². The Bertz CT molecular complexity index is 377. The van der Waals surface area contributed by atoms with Gasteiger partial charge in [-0.3, -0.25) is 16.0 Å². The van der Waals surface area contributed by atoms with Crippen molar-refractivity contribution in [3.63, 3.8) is 0 Å². The predicted molar refractivity (Wildman–Crippen MR) is 55.3 cm³/mol. The molecule has 0 aromatic heterocycles. The Morgan fingerprint density at radius 2 is 2.22 bits per heavy atom. The minimum atomic E-state index is -2.47. The lowest BCUT2D eigenvalue weighted by atomic mass is 10.1. The van der Waals surface area contributed by atoms with Crippen LogP contribution in [0.15, 0.2) is 12.3 Å². The summed E-state index contributed by atoms with van der Waals surface area (Å²) in [5.41, 5.74) is 5.04. The minimum Gasteiger partial charge on any atom is -0.394 e. The quantitative estimate of drug-likeness (QED) is 0.352. The number of nitrogens with one attached hydrogen (secondary N) is 1. The number of urea groups is 1. The molecule has 0 spiro atoms. The van der Waals surface area contributed by atoms with E-state index in [4.69, 9.17) is 15.6 Å². The highest BCUT2D eigenvalue weighted by atomic mass is 19.1. The number of carbonyl (C=O) groups is 1. The molecule has 18 heavy (non-hydrogen) atoms. The summed E-state index contributed by atoms with van der Waals surface area (Å²) in [6, 6.07) is -0.919. The summed E-state index contributed by atoms with van der Waals surface area (Å²) in [6.07, 6.45) is -3.10. The molecule has 8 nitrogen and oxygen atoms in total. The van der Waals surface area contributed by atoms with Crippen LogP contribution in [0.1, 0.15) is 0 Å². The summed E-state index contributed by atoms with van der Waals surface area (Å²) in [5.74, 6) is -2.47. The van der Waals surface area contributed by atoms with E-state index in [9.17, 15) is 19.4 Å². The van der Waals surface area contributed by atoms with Crippen LogP contribution in [0, 0.1) is 0 Å². The molecule has 2 aliphatic rings. The second-order valence-corrected chi connectivity index (χ2v) is 4.15. The fourth-order valence-corrected chi connectivity index (χ4v) is 1.84. The van der Waals surface area contributed by atoms with Crippen molar-refractivity contribution in [1.82, 2.24) is 10.2 Å². The molecule has 0 aromatic carbocycles. The third kappa shape index (κ3) is 2.18. The monoisotopic (exact) mass is 263 g/mol. The van der Waals surface area contributed by atoms with Crippen molar-refractivity contribution in [2.24, 2.45) is 5.73 Å². The lowest BCUT2D eigenvalue weighted by Gasteiger charge is -2.33. The van der Waals surface area contributed by atoms with Crippen molar-refractivity contribution in [2.75, 3.05) is 6.61 Å². The van der Waals surface area contributed by atoms with Crippen molar-refractivity contribution in [1.29, 1.82) is 0 Å². The predicted octanol–water partition coefficient (Wildman–Crippen LogP) is -2.45. The summed E-state index contributed by atoms with van der Waals surface area (Å²) < 4.78 is 18.4. The van der Waals surface area contributed by atoms with E-state index in [1.807, 2.05) is 5.32 Å². The summed E-state index contributed by atoms with van der Waals surface area (Å²) >= 11 is 0. The summed E-state index contributed by atoms with van der Waals surface area (Å²) in [5, 5.41) is 30.0. The molecular formula is C9H14FN3O5. The molecule has 2 heterocycles. The van der Waals surface area contributed by atoms with E-state index in [0.717, 1.165) is 17.2 Å². The third-order valence-electron chi connectivity index (χ3n) is 2.80. The molecule has 1 unspecified atom stereocenters. The first-order valence-corrected chi connectivity index (χ1v) is 5.26. The van der Waals surface area contributed by atoms with Crippen LogP contribution < -0.4 is 11.1 Å². The number of halogens is 1. The van der Waals surface area contributed by atoms with Crippen LogP contribution in [0.25, 0.3) is 0 Å². The van der Waals surface area contributed by atoms with Gasteiger partial charge in [-0.15, -0.1) is 0 Å². The van der Waals surface area contributed by atoms with E-state index >= 15 is 0 Å². The fourth-order valence-electron chi connectivity index (χ4n) is 1.84. The lowest BCUT2D eigenvalue weighted by Crippen LogP contribution is -2.60. The highest BCUT2D eigenvalue weighted by molar-refractivity contribution is 5.77. The molecule has 0 radical (unpaired) electrons. The standard InChI is InChI=1S/C9H14FN3O5/c10-9(11)1-2-13(8(17)12-9)7-6(16)5(15)4(3-14)18-7/h1-2,4-7,14-16H,3,11H2,(H,12,17)/t4-,5-,6-,7-,9?/m1/s1. The Morgan fingerprint density at radius 1 is 1.56 bits per heavy atom. The molecule has 102 valence electrons. The van der Waals surface area contributed by atoms with Crippen molar-refractivity contribution in [3.8, 4) is 0 Å². The number of aliphatic hydroxyl groups is 3. The molecule has 0 aliphatic carbocycles. The molecule has 9 heteroatoms. The first-order valence-electron chi connectivity index (χ1n) is 5.26. The largest absolute Gasteiger partial charge is 0.394 e. The second kappa shape index (κ2) is 4.44. The van der Waals surface area contributed by atoms with Gasteiger partial charge < -0.3 is 20.1 Å². The van der Waals surface area contributed by atoms with Gasteiger partial charge >= 0.3 is 6.03 Å². The summed E-state index contributed by atoms with van der Waals surface area (Å²) in [4.78, 5) is 12.4. The van der Waals surface area contributed by atoms with Crippen LogP contribution in [0.2, 0.25) is 0 Å². The maximum absolute atomic E-state index is 13.2. The normalized spacial score (nSPS) is 44.3. The maximum atomic E-state index is 13.2. The van der Waals surface area contributed by atoms with E-state index < -0.39 is 43.1 Å². The Morgan fingerprint density at radius 3 is 2.72 bits per heavy atom. The summed E-state index contributed by atoms with van der Waals surface area (Å²) in [7, 11) is 0. The fraction of sp³-hybridized carbons (Fsp3) is 0.667. The van der Waals surface area contributed by atoms with Gasteiger partial charge in [0.15, 0.2) is 6.23 Å². The highest BCUT2D eigenvalue weighted by Gasteiger charge is 2.47. The van der Waals surface area contributed by atoms with Crippen molar-refractivity contribution in [2.45, 2.75) is 30.5 Å². The molecule has 0 bridgehead atoms. The number of amides is 2. The molecule has 5 atom stereocenters. The third-order valence-corrected chi connectivity index (χ3v) is 2.80. The number of nitrogens with zero attached hydrogens (tertiary/aromatic N) is 1. The molecule has 1 fully saturated rings. The van der Waals surface area contributed by atoms with Gasteiger partial charge in [0, 0.05) is 12.3 Å². The number of hydrogen-bond donors (Lipinski definition) is 5. The van der Waals surface area contributed by atoms with E-state index in [0.29, 0.717) is 0 Å². The first kappa shape index (κ1) is 13.2. The summed E-state index contributed by atoms with van der Waals surface area (Å²) in [6.45, 7) is -0.516. The average molecular weight is 263 g/mol. The molecule has 2 amide bonds. The molecule has 6 N–H and O–H groups in total. The van der Waals surface area contributed by atoms with E-state index in [2.05, 4.69) is 0 Å².